The zero-order chi connectivity index (χ0) is 10.1. The molecule has 0 rings (SSSR count). The van der Waals surface area contributed by atoms with Crippen molar-refractivity contribution in [1.82, 2.24) is 5.32 Å². The highest BCUT2D eigenvalue weighted by Gasteiger charge is 2.08. The van der Waals surface area contributed by atoms with Crippen molar-refractivity contribution < 1.29 is 14.6 Å². The molecule has 2 N–H and O–H groups in total. The third-order valence-electron chi connectivity index (χ3n) is 1.67. The quantitative estimate of drug-likeness (QED) is 0.351. The van der Waals surface area contributed by atoms with E-state index >= 15 is 0 Å². The summed E-state index contributed by atoms with van der Waals surface area (Å²) in [7, 11) is 0. The van der Waals surface area contributed by atoms with Crippen molar-refractivity contribution in [3.05, 3.63) is 0 Å². The van der Waals surface area contributed by atoms with Crippen molar-refractivity contribution in [2.24, 2.45) is 0 Å². The first kappa shape index (κ1) is 12.4. The van der Waals surface area contributed by atoms with Crippen LogP contribution in [0.1, 0.15) is 33.1 Å². The summed E-state index contributed by atoms with van der Waals surface area (Å²) in [5.41, 5.74) is 0. The maximum atomic E-state index is 11.1. The van der Waals surface area contributed by atoms with Crippen molar-refractivity contribution >= 4 is 5.97 Å². The third kappa shape index (κ3) is 7.74. The average molecular weight is 189 g/mol. The second kappa shape index (κ2) is 8.01. The topological polar surface area (TPSA) is 58.6 Å². The van der Waals surface area contributed by atoms with Gasteiger partial charge < -0.3 is 9.84 Å². The van der Waals surface area contributed by atoms with E-state index in [0.29, 0.717) is 13.0 Å². The highest BCUT2D eigenvalue weighted by atomic mass is 16.5. The third-order valence-corrected chi connectivity index (χ3v) is 1.67. The molecule has 1 unspecified atom stereocenters. The molecule has 1 atom stereocenters. The average Bonchev–Trinajstić information content (AvgIpc) is 2.05. The number of ether oxygens (including phenoxy) is 1. The lowest BCUT2D eigenvalue weighted by atomic mass is 10.2. The Morgan fingerprint density at radius 3 is 2.85 bits per heavy atom. The molecule has 78 valence electrons. The minimum Gasteiger partial charge on any atom is -0.466 e. The van der Waals surface area contributed by atoms with Crippen molar-refractivity contribution in [1.29, 1.82) is 0 Å². The maximum absolute atomic E-state index is 11.1. The summed E-state index contributed by atoms with van der Waals surface area (Å²) in [6.45, 7) is 4.27. The minimum atomic E-state index is -0.207. The predicted molar refractivity (Wildman–Crippen MR) is 50.2 cm³/mol. The first-order chi connectivity index (χ1) is 6.20. The van der Waals surface area contributed by atoms with Crippen LogP contribution in [-0.2, 0) is 9.53 Å². The summed E-state index contributed by atoms with van der Waals surface area (Å²) in [4.78, 5) is 11.1. The zero-order valence-corrected chi connectivity index (χ0v) is 8.38. The second-order valence-corrected chi connectivity index (χ2v) is 3.04. The normalized spacial score (nSPS) is 12.5. The van der Waals surface area contributed by atoms with Crippen molar-refractivity contribution in [3.8, 4) is 0 Å². The van der Waals surface area contributed by atoms with Crippen LogP contribution in [0.5, 0.6) is 0 Å². The monoisotopic (exact) mass is 189 g/mol. The Balaban J connectivity index is 3.38. The van der Waals surface area contributed by atoms with Crippen LogP contribution in [0.4, 0.5) is 0 Å². The van der Waals surface area contributed by atoms with Gasteiger partial charge in [0, 0.05) is 6.04 Å². The Morgan fingerprint density at radius 2 is 2.31 bits per heavy atom. The van der Waals surface area contributed by atoms with Gasteiger partial charge in [0.25, 0.3) is 0 Å². The predicted octanol–water partition coefficient (Wildman–Crippen LogP) is 0.648. The molecule has 0 aliphatic rings. The van der Waals surface area contributed by atoms with Gasteiger partial charge in [-0.3, -0.25) is 10.1 Å². The largest absolute Gasteiger partial charge is 0.466 e. The molecular weight excluding hydrogens is 170 g/mol. The second-order valence-electron chi connectivity index (χ2n) is 3.04. The molecule has 0 saturated heterocycles. The van der Waals surface area contributed by atoms with Crippen molar-refractivity contribution in [2.45, 2.75) is 39.2 Å². The van der Waals surface area contributed by atoms with Gasteiger partial charge in [-0.2, -0.15) is 0 Å². The molecule has 0 bridgehead atoms. The molecular formula is C9H19NO3. The standard InChI is InChI=1S/C9H19NO3/c1-3-4-5-13-9(12)6-8(2)10-7-11/h8,10-11H,3-7H2,1-2H3. The van der Waals surface area contributed by atoms with Gasteiger partial charge in [-0.15, -0.1) is 0 Å². The summed E-state index contributed by atoms with van der Waals surface area (Å²) in [5, 5.41) is 11.2. The molecule has 0 aliphatic carbocycles. The van der Waals surface area contributed by atoms with Gasteiger partial charge in [0.15, 0.2) is 0 Å². The van der Waals surface area contributed by atoms with E-state index in [9.17, 15) is 4.79 Å². The van der Waals surface area contributed by atoms with E-state index < -0.39 is 0 Å². The van der Waals surface area contributed by atoms with Crippen molar-refractivity contribution in [2.75, 3.05) is 13.3 Å². The van der Waals surface area contributed by atoms with E-state index in [1.165, 1.54) is 0 Å². The summed E-state index contributed by atoms with van der Waals surface area (Å²) >= 11 is 0. The Morgan fingerprint density at radius 1 is 1.62 bits per heavy atom. The van der Waals surface area contributed by atoms with Crippen LogP contribution in [0.15, 0.2) is 0 Å². The SMILES string of the molecule is CCCCOC(=O)CC(C)NCO. The lowest BCUT2D eigenvalue weighted by Gasteiger charge is -2.10. The summed E-state index contributed by atoms with van der Waals surface area (Å²) in [6, 6.07) is -0.0286. The number of hydrogen-bond acceptors (Lipinski definition) is 4. The van der Waals surface area contributed by atoms with Crippen molar-refractivity contribution in [3.63, 3.8) is 0 Å². The number of aliphatic hydroxyl groups excluding tert-OH is 1. The molecule has 0 spiro atoms. The fraction of sp³-hybridized carbons (Fsp3) is 0.889. The highest BCUT2D eigenvalue weighted by Crippen LogP contribution is 1.95. The molecule has 0 aromatic rings. The van der Waals surface area contributed by atoms with Gasteiger partial charge in [-0.05, 0) is 13.3 Å². The molecule has 4 heteroatoms. The van der Waals surface area contributed by atoms with Crippen LogP contribution in [-0.4, -0.2) is 30.5 Å². The number of unbranched alkanes of at least 4 members (excludes halogenated alkanes) is 1. The Kier molecular flexibility index (Phi) is 7.63. The zero-order valence-electron chi connectivity index (χ0n) is 8.38. The molecule has 0 amide bonds. The van der Waals surface area contributed by atoms with E-state index in [0.717, 1.165) is 12.8 Å². The summed E-state index contributed by atoms with van der Waals surface area (Å²) in [5.74, 6) is -0.207. The number of hydrogen-bond donors (Lipinski definition) is 2. The van der Waals surface area contributed by atoms with Gasteiger partial charge in [0.1, 0.15) is 0 Å². The van der Waals surface area contributed by atoms with Gasteiger partial charge in [0.2, 0.25) is 0 Å². The lowest BCUT2D eigenvalue weighted by Crippen LogP contribution is -2.29. The van der Waals surface area contributed by atoms with Gasteiger partial charge >= 0.3 is 5.97 Å². The van der Waals surface area contributed by atoms with Crippen LogP contribution >= 0.6 is 0 Å². The van der Waals surface area contributed by atoms with Gasteiger partial charge in [-0.1, -0.05) is 13.3 Å². The van der Waals surface area contributed by atoms with Crippen LogP contribution < -0.4 is 5.32 Å². The highest BCUT2D eigenvalue weighted by molar-refractivity contribution is 5.70. The molecule has 0 saturated carbocycles. The molecule has 0 aromatic heterocycles. The van der Waals surface area contributed by atoms with Gasteiger partial charge in [0.05, 0.1) is 19.8 Å². The Hall–Kier alpha value is -0.610. The number of carbonyl (C=O) groups excluding carboxylic acids is 1. The number of aliphatic hydroxyl groups is 1. The molecule has 4 nitrogen and oxygen atoms in total. The first-order valence-corrected chi connectivity index (χ1v) is 4.70. The lowest BCUT2D eigenvalue weighted by molar-refractivity contribution is -0.144. The molecule has 0 aliphatic heterocycles. The fourth-order valence-electron chi connectivity index (χ4n) is 0.867. The number of carbonyl (C=O) groups is 1. The maximum Gasteiger partial charge on any atom is 0.307 e. The molecule has 13 heavy (non-hydrogen) atoms. The number of esters is 1. The molecule has 0 heterocycles. The first-order valence-electron chi connectivity index (χ1n) is 4.70. The van der Waals surface area contributed by atoms with E-state index in [2.05, 4.69) is 5.32 Å². The number of nitrogens with one attached hydrogen (secondary N) is 1. The summed E-state index contributed by atoms with van der Waals surface area (Å²) in [6.07, 6.45) is 2.25. The minimum absolute atomic E-state index is 0.0286. The van der Waals surface area contributed by atoms with Crippen LogP contribution in [0.25, 0.3) is 0 Å². The van der Waals surface area contributed by atoms with E-state index in [-0.39, 0.29) is 18.7 Å². The van der Waals surface area contributed by atoms with Crippen LogP contribution in [0, 0.1) is 0 Å². The van der Waals surface area contributed by atoms with Crippen LogP contribution in [0.2, 0.25) is 0 Å². The number of rotatable bonds is 7. The molecule has 0 fully saturated rings. The fourth-order valence-corrected chi connectivity index (χ4v) is 0.867. The van der Waals surface area contributed by atoms with E-state index in [4.69, 9.17) is 9.84 Å². The van der Waals surface area contributed by atoms with E-state index in [1.54, 1.807) is 0 Å². The smallest absolute Gasteiger partial charge is 0.307 e. The molecule has 0 aromatic carbocycles. The summed E-state index contributed by atoms with van der Waals surface area (Å²) < 4.78 is 4.94. The van der Waals surface area contributed by atoms with E-state index in [1.807, 2.05) is 13.8 Å². The molecule has 0 radical (unpaired) electrons. The van der Waals surface area contributed by atoms with Gasteiger partial charge in [-0.25, -0.2) is 0 Å². The van der Waals surface area contributed by atoms with Crippen LogP contribution in [0.3, 0.4) is 0 Å². The Bertz CT molecular complexity index is 139. The Labute approximate surface area is 79.3 Å².